The van der Waals surface area contributed by atoms with Gasteiger partial charge in [0.2, 0.25) is 0 Å². The number of aromatic hydroxyl groups is 1. The van der Waals surface area contributed by atoms with Crippen LogP contribution < -0.4 is 9.47 Å². The Kier molecular flexibility index (Phi) is 5.84. The van der Waals surface area contributed by atoms with Crippen molar-refractivity contribution in [3.05, 3.63) is 15.6 Å². The van der Waals surface area contributed by atoms with Crippen LogP contribution in [-0.2, 0) is 9.47 Å². The number of phenols is 1. The summed E-state index contributed by atoms with van der Waals surface area (Å²) in [6.45, 7) is 0.00804. The highest BCUT2D eigenvalue weighted by atomic mass is 79.9. The predicted molar refractivity (Wildman–Crippen MR) is 65.8 cm³/mol. The largest absolute Gasteiger partial charge is 0.503 e. The Morgan fingerprint density at radius 1 is 1.24 bits per heavy atom. The maximum absolute atomic E-state index is 9.76. The van der Waals surface area contributed by atoms with Crippen LogP contribution in [0, 0.1) is 0 Å². The summed E-state index contributed by atoms with van der Waals surface area (Å²) in [5, 5.41) is 9.91. The van der Waals surface area contributed by atoms with Crippen molar-refractivity contribution < 1.29 is 24.1 Å². The van der Waals surface area contributed by atoms with E-state index in [1.165, 1.54) is 20.3 Å². The first-order valence-electron chi connectivity index (χ1n) is 4.56. The monoisotopic (exact) mass is 326 g/mol. The third-order valence-corrected chi connectivity index (χ3v) is 2.73. The molecule has 0 bridgehead atoms. The first-order valence-corrected chi connectivity index (χ1v) is 5.73. The van der Waals surface area contributed by atoms with Gasteiger partial charge in [0.1, 0.15) is 10.8 Å². The fourth-order valence-corrected chi connectivity index (χ4v) is 1.69. The summed E-state index contributed by atoms with van der Waals surface area (Å²) < 4.78 is 20.3. The highest BCUT2D eigenvalue weighted by Crippen LogP contribution is 2.45. The van der Waals surface area contributed by atoms with Gasteiger partial charge in [-0.15, -0.1) is 0 Å². The molecular formula is C10H12BrClO5. The van der Waals surface area contributed by atoms with Gasteiger partial charge in [0.15, 0.2) is 25.1 Å². The van der Waals surface area contributed by atoms with Crippen molar-refractivity contribution in [3.8, 4) is 17.2 Å². The third-order valence-electron chi connectivity index (χ3n) is 1.77. The van der Waals surface area contributed by atoms with Crippen LogP contribution in [0.25, 0.3) is 0 Å². The van der Waals surface area contributed by atoms with E-state index in [0.29, 0.717) is 10.2 Å². The molecule has 0 saturated heterocycles. The van der Waals surface area contributed by atoms with Gasteiger partial charge < -0.3 is 24.1 Å². The van der Waals surface area contributed by atoms with Crippen molar-refractivity contribution in [2.24, 2.45) is 0 Å². The van der Waals surface area contributed by atoms with E-state index in [2.05, 4.69) is 15.9 Å². The van der Waals surface area contributed by atoms with E-state index in [1.807, 2.05) is 0 Å². The lowest BCUT2D eigenvalue weighted by atomic mass is 10.3. The van der Waals surface area contributed by atoms with Gasteiger partial charge in [0.05, 0.1) is 4.47 Å². The van der Waals surface area contributed by atoms with Crippen LogP contribution in [0.2, 0.25) is 5.02 Å². The molecule has 1 N–H and O–H groups in total. The van der Waals surface area contributed by atoms with Crippen LogP contribution in [-0.4, -0.2) is 32.9 Å². The third kappa shape index (κ3) is 3.64. The molecule has 0 aliphatic heterocycles. The zero-order chi connectivity index (χ0) is 12.8. The molecule has 0 spiro atoms. The molecule has 0 aliphatic carbocycles. The lowest BCUT2D eigenvalue weighted by Crippen LogP contribution is -2.03. The average molecular weight is 328 g/mol. The van der Waals surface area contributed by atoms with Gasteiger partial charge in [-0.3, -0.25) is 0 Å². The Labute approximate surface area is 112 Å². The quantitative estimate of drug-likeness (QED) is 0.814. The van der Waals surface area contributed by atoms with Crippen LogP contribution in [0.1, 0.15) is 0 Å². The van der Waals surface area contributed by atoms with Crippen LogP contribution in [0.5, 0.6) is 17.2 Å². The SMILES string of the molecule is COCOc1cc(Br)c(O)c(OCOC)c1Cl. The Morgan fingerprint density at radius 2 is 1.82 bits per heavy atom. The van der Waals surface area contributed by atoms with Gasteiger partial charge in [-0.2, -0.15) is 0 Å². The maximum atomic E-state index is 9.76. The molecule has 0 aliphatic rings. The lowest BCUT2D eigenvalue weighted by Gasteiger charge is -2.14. The minimum Gasteiger partial charge on any atom is -0.503 e. The van der Waals surface area contributed by atoms with Crippen molar-refractivity contribution in [2.75, 3.05) is 27.8 Å². The predicted octanol–water partition coefficient (Wildman–Crippen LogP) is 2.77. The van der Waals surface area contributed by atoms with Gasteiger partial charge in [-0.05, 0) is 15.9 Å². The fourth-order valence-electron chi connectivity index (χ4n) is 1.05. The number of benzene rings is 1. The van der Waals surface area contributed by atoms with Crippen molar-refractivity contribution >= 4 is 27.5 Å². The average Bonchev–Trinajstić information content (AvgIpc) is 2.32. The van der Waals surface area contributed by atoms with Gasteiger partial charge in [0.25, 0.3) is 0 Å². The van der Waals surface area contributed by atoms with E-state index in [-0.39, 0.29) is 30.1 Å². The molecule has 17 heavy (non-hydrogen) atoms. The fraction of sp³-hybridized carbons (Fsp3) is 0.400. The molecular weight excluding hydrogens is 315 g/mol. The van der Waals surface area contributed by atoms with E-state index >= 15 is 0 Å². The molecule has 96 valence electrons. The van der Waals surface area contributed by atoms with Crippen molar-refractivity contribution in [3.63, 3.8) is 0 Å². The van der Waals surface area contributed by atoms with Crippen LogP contribution in [0.15, 0.2) is 10.5 Å². The summed E-state index contributed by atoms with van der Waals surface area (Å²) in [5.41, 5.74) is 0. The molecule has 0 amide bonds. The number of methoxy groups -OCH3 is 2. The van der Waals surface area contributed by atoms with E-state index in [4.69, 9.17) is 30.5 Å². The second-order valence-electron chi connectivity index (χ2n) is 2.95. The molecule has 0 unspecified atom stereocenters. The molecule has 0 radical (unpaired) electrons. The number of hydrogen-bond acceptors (Lipinski definition) is 5. The molecule has 7 heteroatoms. The van der Waals surface area contributed by atoms with Gasteiger partial charge >= 0.3 is 0 Å². The van der Waals surface area contributed by atoms with E-state index in [1.54, 1.807) is 0 Å². The number of ether oxygens (including phenoxy) is 4. The maximum Gasteiger partial charge on any atom is 0.189 e. The molecule has 1 rings (SSSR count). The normalized spacial score (nSPS) is 10.4. The van der Waals surface area contributed by atoms with Crippen molar-refractivity contribution in [2.45, 2.75) is 0 Å². The van der Waals surface area contributed by atoms with Crippen LogP contribution >= 0.6 is 27.5 Å². The van der Waals surface area contributed by atoms with E-state index < -0.39 is 0 Å². The van der Waals surface area contributed by atoms with Crippen LogP contribution in [0.4, 0.5) is 0 Å². The minimum absolute atomic E-state index is 0.0343. The molecule has 0 fully saturated rings. The van der Waals surface area contributed by atoms with Gasteiger partial charge in [0, 0.05) is 20.3 Å². The highest BCUT2D eigenvalue weighted by Gasteiger charge is 2.17. The Hall–Kier alpha value is -0.690. The summed E-state index contributed by atoms with van der Waals surface area (Å²) in [6.07, 6.45) is 0. The molecule has 0 aromatic heterocycles. The molecule has 1 aromatic carbocycles. The van der Waals surface area contributed by atoms with Crippen molar-refractivity contribution in [1.82, 2.24) is 0 Å². The van der Waals surface area contributed by atoms with E-state index in [9.17, 15) is 5.11 Å². The second kappa shape index (κ2) is 6.90. The summed E-state index contributed by atoms with van der Waals surface area (Å²) >= 11 is 9.18. The van der Waals surface area contributed by atoms with Gasteiger partial charge in [-0.25, -0.2) is 0 Å². The Bertz CT molecular complexity index is 385. The first kappa shape index (κ1) is 14.4. The number of halogens is 2. The standard InChI is InChI=1S/C10H12BrClO5/c1-14-4-16-7-3-6(11)9(13)10(8(7)12)17-5-15-2/h3,13H,4-5H2,1-2H3. The highest BCUT2D eigenvalue weighted by molar-refractivity contribution is 9.10. The molecule has 0 atom stereocenters. The topological polar surface area (TPSA) is 57.2 Å². The zero-order valence-electron chi connectivity index (χ0n) is 9.33. The number of phenolic OH excluding ortho intramolecular Hbond substituents is 1. The zero-order valence-corrected chi connectivity index (χ0v) is 11.7. The first-order chi connectivity index (χ1) is 8.11. The van der Waals surface area contributed by atoms with Crippen LogP contribution in [0.3, 0.4) is 0 Å². The lowest BCUT2D eigenvalue weighted by molar-refractivity contribution is 0.0447. The van der Waals surface area contributed by atoms with Crippen molar-refractivity contribution in [1.29, 1.82) is 0 Å². The summed E-state index contributed by atoms with van der Waals surface area (Å²) in [7, 11) is 2.96. The molecule has 5 nitrogen and oxygen atoms in total. The number of hydrogen-bond donors (Lipinski definition) is 1. The second-order valence-corrected chi connectivity index (χ2v) is 4.18. The molecule has 0 heterocycles. The summed E-state index contributed by atoms with van der Waals surface area (Å²) in [5.74, 6) is 0.315. The molecule has 1 aromatic rings. The van der Waals surface area contributed by atoms with E-state index in [0.717, 1.165) is 0 Å². The smallest absolute Gasteiger partial charge is 0.189 e. The molecule has 0 saturated carbocycles. The summed E-state index contributed by atoms with van der Waals surface area (Å²) in [6, 6.07) is 1.52. The summed E-state index contributed by atoms with van der Waals surface area (Å²) in [4.78, 5) is 0. The Morgan fingerprint density at radius 3 is 2.41 bits per heavy atom. The minimum atomic E-state index is -0.114. The van der Waals surface area contributed by atoms with Gasteiger partial charge in [-0.1, -0.05) is 11.6 Å². The Balaban J connectivity index is 3.04. The number of rotatable bonds is 6.